The fourth-order valence-electron chi connectivity index (χ4n) is 1.67. The molecule has 0 aromatic heterocycles. The second kappa shape index (κ2) is 4.52. The minimum absolute atomic E-state index is 0.0354. The number of halogens is 1. The van der Waals surface area contributed by atoms with Crippen LogP contribution < -0.4 is 11.3 Å². The third kappa shape index (κ3) is 2.94. The van der Waals surface area contributed by atoms with Gasteiger partial charge < -0.3 is 0 Å². The molecule has 0 aliphatic carbocycles. The fourth-order valence-corrected chi connectivity index (χ4v) is 2.02. The number of hydrazine groups is 1. The number of nitrogens with one attached hydrogen (secondary N) is 1. The lowest BCUT2D eigenvalue weighted by Gasteiger charge is -2.31. The van der Waals surface area contributed by atoms with Crippen LogP contribution in [0.15, 0.2) is 18.2 Å². The molecule has 0 spiro atoms. The van der Waals surface area contributed by atoms with Gasteiger partial charge in [0.25, 0.3) is 0 Å². The average Bonchev–Trinajstić information content (AvgIpc) is 2.07. The maximum absolute atomic E-state index is 6.21. The lowest BCUT2D eigenvalue weighted by molar-refractivity contribution is 0.275. The summed E-state index contributed by atoms with van der Waals surface area (Å²) in [7, 11) is 0. The quantitative estimate of drug-likeness (QED) is 0.601. The van der Waals surface area contributed by atoms with Crippen LogP contribution in [-0.4, -0.2) is 0 Å². The summed E-state index contributed by atoms with van der Waals surface area (Å²) in [6.45, 7) is 8.42. The second-order valence-electron chi connectivity index (χ2n) is 4.99. The highest BCUT2D eigenvalue weighted by Gasteiger charge is 2.26. The maximum atomic E-state index is 6.21. The molecule has 1 unspecified atom stereocenters. The van der Waals surface area contributed by atoms with Gasteiger partial charge in [-0.2, -0.15) is 0 Å². The van der Waals surface area contributed by atoms with Crippen molar-refractivity contribution in [3.63, 3.8) is 0 Å². The topological polar surface area (TPSA) is 38.0 Å². The molecule has 1 rings (SSSR count). The summed E-state index contributed by atoms with van der Waals surface area (Å²) in [4.78, 5) is 0. The molecule has 1 aromatic rings. The highest BCUT2D eigenvalue weighted by molar-refractivity contribution is 6.31. The normalized spacial score (nSPS) is 14.0. The lowest BCUT2D eigenvalue weighted by Crippen LogP contribution is -2.37. The van der Waals surface area contributed by atoms with E-state index >= 15 is 0 Å². The van der Waals surface area contributed by atoms with Crippen molar-refractivity contribution in [3.05, 3.63) is 34.3 Å². The third-order valence-corrected chi connectivity index (χ3v) is 2.83. The molecule has 84 valence electrons. The van der Waals surface area contributed by atoms with E-state index in [0.29, 0.717) is 0 Å². The van der Waals surface area contributed by atoms with Crippen molar-refractivity contribution in [3.8, 4) is 0 Å². The summed E-state index contributed by atoms with van der Waals surface area (Å²) in [5, 5.41) is 0.771. The first-order valence-corrected chi connectivity index (χ1v) is 5.46. The highest BCUT2D eigenvalue weighted by atomic mass is 35.5. The van der Waals surface area contributed by atoms with Crippen LogP contribution in [0.5, 0.6) is 0 Å². The summed E-state index contributed by atoms with van der Waals surface area (Å²) < 4.78 is 0. The third-order valence-electron chi connectivity index (χ3n) is 2.50. The molecule has 0 radical (unpaired) electrons. The first-order chi connectivity index (χ1) is 6.86. The first-order valence-electron chi connectivity index (χ1n) is 5.08. The summed E-state index contributed by atoms with van der Waals surface area (Å²) in [6.07, 6.45) is 0. The van der Waals surface area contributed by atoms with Gasteiger partial charge in [0.05, 0.1) is 6.04 Å². The van der Waals surface area contributed by atoms with Gasteiger partial charge in [-0.05, 0) is 29.5 Å². The first kappa shape index (κ1) is 12.5. The van der Waals surface area contributed by atoms with E-state index in [1.807, 2.05) is 19.1 Å². The molecule has 1 atom stereocenters. The molecule has 0 heterocycles. The van der Waals surface area contributed by atoms with Gasteiger partial charge in [-0.3, -0.25) is 11.3 Å². The summed E-state index contributed by atoms with van der Waals surface area (Å²) in [5.41, 5.74) is 5.08. The van der Waals surface area contributed by atoms with Crippen LogP contribution in [0.4, 0.5) is 0 Å². The molecule has 2 nitrogen and oxygen atoms in total. The van der Waals surface area contributed by atoms with E-state index < -0.39 is 0 Å². The van der Waals surface area contributed by atoms with E-state index in [2.05, 4.69) is 32.3 Å². The number of nitrogens with two attached hydrogens (primary N) is 1. The molecule has 0 saturated heterocycles. The second-order valence-corrected chi connectivity index (χ2v) is 5.40. The Morgan fingerprint density at radius 2 is 1.93 bits per heavy atom. The molecular weight excluding hydrogens is 208 g/mol. The number of aryl methyl sites for hydroxylation is 1. The molecule has 0 aliphatic rings. The minimum atomic E-state index is 0.0354. The van der Waals surface area contributed by atoms with E-state index in [1.165, 1.54) is 0 Å². The van der Waals surface area contributed by atoms with Crippen molar-refractivity contribution in [1.82, 2.24) is 5.43 Å². The van der Waals surface area contributed by atoms with Crippen LogP contribution in [0.2, 0.25) is 5.02 Å². The molecule has 0 aliphatic heterocycles. The minimum Gasteiger partial charge on any atom is -0.271 e. The Hall–Kier alpha value is -0.570. The Labute approximate surface area is 96.8 Å². The van der Waals surface area contributed by atoms with Crippen LogP contribution in [0, 0.1) is 12.3 Å². The highest BCUT2D eigenvalue weighted by Crippen LogP contribution is 2.35. The summed E-state index contributed by atoms with van der Waals surface area (Å²) in [5.74, 6) is 5.59. The van der Waals surface area contributed by atoms with Gasteiger partial charge in [0.2, 0.25) is 0 Å². The van der Waals surface area contributed by atoms with Crippen molar-refractivity contribution in [2.24, 2.45) is 11.3 Å². The number of hydrogen-bond donors (Lipinski definition) is 2. The van der Waals surface area contributed by atoms with Crippen molar-refractivity contribution >= 4 is 11.6 Å². The molecule has 1 aromatic carbocycles. The van der Waals surface area contributed by atoms with Crippen LogP contribution in [-0.2, 0) is 0 Å². The van der Waals surface area contributed by atoms with Crippen LogP contribution in [0.25, 0.3) is 0 Å². The van der Waals surface area contributed by atoms with Gasteiger partial charge in [0.15, 0.2) is 0 Å². The lowest BCUT2D eigenvalue weighted by atomic mass is 9.82. The predicted molar refractivity (Wildman–Crippen MR) is 65.7 cm³/mol. The summed E-state index contributed by atoms with van der Waals surface area (Å²) in [6, 6.07) is 6.11. The largest absolute Gasteiger partial charge is 0.271 e. The van der Waals surface area contributed by atoms with E-state index in [4.69, 9.17) is 17.4 Å². The van der Waals surface area contributed by atoms with E-state index in [-0.39, 0.29) is 11.5 Å². The van der Waals surface area contributed by atoms with Crippen molar-refractivity contribution in [2.45, 2.75) is 33.7 Å². The zero-order chi connectivity index (χ0) is 11.6. The molecule has 3 heteroatoms. The Balaban J connectivity index is 3.13. The van der Waals surface area contributed by atoms with Gasteiger partial charge in [0, 0.05) is 5.02 Å². The van der Waals surface area contributed by atoms with E-state index in [9.17, 15) is 0 Å². The van der Waals surface area contributed by atoms with Crippen molar-refractivity contribution in [2.75, 3.05) is 0 Å². The van der Waals surface area contributed by atoms with Gasteiger partial charge in [0.1, 0.15) is 0 Å². The molecule has 15 heavy (non-hydrogen) atoms. The average molecular weight is 227 g/mol. The maximum Gasteiger partial charge on any atom is 0.0523 e. The Kier molecular flexibility index (Phi) is 3.77. The zero-order valence-corrected chi connectivity index (χ0v) is 10.5. The summed E-state index contributed by atoms with van der Waals surface area (Å²) >= 11 is 6.21. The van der Waals surface area contributed by atoms with Gasteiger partial charge >= 0.3 is 0 Å². The Morgan fingerprint density at radius 1 is 1.33 bits per heavy atom. The van der Waals surface area contributed by atoms with Crippen LogP contribution in [0.3, 0.4) is 0 Å². The van der Waals surface area contributed by atoms with Crippen molar-refractivity contribution < 1.29 is 0 Å². The number of hydrogen-bond acceptors (Lipinski definition) is 2. The molecule has 3 N–H and O–H groups in total. The Morgan fingerprint density at radius 3 is 2.33 bits per heavy atom. The van der Waals surface area contributed by atoms with Crippen molar-refractivity contribution in [1.29, 1.82) is 0 Å². The molecule has 0 fully saturated rings. The predicted octanol–water partition coefficient (Wildman–Crippen LogP) is 3.20. The van der Waals surface area contributed by atoms with E-state index in [1.54, 1.807) is 0 Å². The molecule has 0 saturated carbocycles. The van der Waals surface area contributed by atoms with Gasteiger partial charge in [-0.25, -0.2) is 0 Å². The van der Waals surface area contributed by atoms with E-state index in [0.717, 1.165) is 16.1 Å². The monoisotopic (exact) mass is 226 g/mol. The SMILES string of the molecule is Cc1ccc(C(NN)C(C)(C)C)c(Cl)c1. The smallest absolute Gasteiger partial charge is 0.0523 e. The number of benzene rings is 1. The molecular formula is C12H19ClN2. The molecule has 0 bridgehead atoms. The van der Waals surface area contributed by atoms with Gasteiger partial charge in [-0.15, -0.1) is 0 Å². The van der Waals surface area contributed by atoms with Crippen LogP contribution in [0.1, 0.15) is 37.9 Å². The van der Waals surface area contributed by atoms with Crippen LogP contribution >= 0.6 is 11.6 Å². The zero-order valence-electron chi connectivity index (χ0n) is 9.76. The standard InChI is InChI=1S/C12H19ClN2/c1-8-5-6-9(10(13)7-8)11(15-14)12(2,3)4/h5-7,11,15H,14H2,1-4H3. The van der Waals surface area contributed by atoms with Gasteiger partial charge in [-0.1, -0.05) is 44.5 Å². The molecule has 0 amide bonds. The Bertz CT molecular complexity index is 342. The fraction of sp³-hybridized carbons (Fsp3) is 0.500. The number of rotatable bonds is 2.